The lowest BCUT2D eigenvalue weighted by molar-refractivity contribution is 0.0653. The number of hydrogen-bond acceptors (Lipinski definition) is 4. The maximum atomic E-state index is 12.0. The smallest absolute Gasteiger partial charge is 0.337 e. The highest BCUT2D eigenvalue weighted by Gasteiger charge is 2.26. The van der Waals surface area contributed by atoms with Crippen LogP contribution >= 0.6 is 0 Å². The van der Waals surface area contributed by atoms with Crippen molar-refractivity contribution in [3.8, 4) is 0 Å². The Bertz CT molecular complexity index is 1680. The average Bonchev–Trinajstić information content (AvgIpc) is 2.75. The average molecular weight is 428 g/mol. The van der Waals surface area contributed by atoms with Crippen LogP contribution in [-0.2, 0) is 0 Å². The molecule has 5 aromatic rings. The Kier molecular flexibility index (Phi) is 3.84. The first-order chi connectivity index (χ1) is 15.2. The molecule has 0 spiro atoms. The molecule has 156 valence electrons. The first-order valence-electron chi connectivity index (χ1n) is 9.34. The predicted molar refractivity (Wildman–Crippen MR) is 115 cm³/mol. The van der Waals surface area contributed by atoms with Crippen LogP contribution in [0, 0.1) is 0 Å². The summed E-state index contributed by atoms with van der Waals surface area (Å²) in [5, 5.41) is 42.0. The Labute approximate surface area is 177 Å². The van der Waals surface area contributed by atoms with E-state index in [2.05, 4.69) is 0 Å². The van der Waals surface area contributed by atoms with Gasteiger partial charge in [0.15, 0.2) is 0 Å². The first-order valence-corrected chi connectivity index (χ1v) is 9.34. The molecule has 8 nitrogen and oxygen atoms in total. The van der Waals surface area contributed by atoms with E-state index in [-0.39, 0.29) is 16.5 Å². The van der Waals surface area contributed by atoms with Gasteiger partial charge in [0.05, 0.1) is 22.3 Å². The molecule has 0 bridgehead atoms. The minimum absolute atomic E-state index is 0.0115. The van der Waals surface area contributed by atoms with E-state index >= 15 is 0 Å². The Balaban J connectivity index is 2.21. The van der Waals surface area contributed by atoms with Gasteiger partial charge in [-0.15, -0.1) is 0 Å². The van der Waals surface area contributed by atoms with E-state index in [9.17, 15) is 39.6 Å². The Morgan fingerprint density at radius 3 is 1.69 bits per heavy atom. The van der Waals surface area contributed by atoms with Gasteiger partial charge in [0, 0.05) is 0 Å². The highest BCUT2D eigenvalue weighted by Crippen LogP contribution is 2.43. The van der Waals surface area contributed by atoms with Gasteiger partial charge in [0.1, 0.15) is 0 Å². The molecule has 0 saturated carbocycles. The summed E-state index contributed by atoms with van der Waals surface area (Å²) in [6.07, 6.45) is 0. The van der Waals surface area contributed by atoms with Crippen molar-refractivity contribution in [3.63, 3.8) is 0 Å². The van der Waals surface area contributed by atoms with E-state index in [1.807, 2.05) is 0 Å². The summed E-state index contributed by atoms with van der Waals surface area (Å²) in [5.74, 6) is -5.46. The van der Waals surface area contributed by atoms with Crippen molar-refractivity contribution in [1.82, 2.24) is 0 Å². The molecule has 0 aliphatic rings. The molecule has 8 heteroatoms. The second-order valence-corrected chi connectivity index (χ2v) is 7.44. The van der Waals surface area contributed by atoms with Gasteiger partial charge < -0.3 is 20.4 Å². The number of carboxylic acids is 4. The predicted octanol–water partition coefficient (Wildman–Crippen LogP) is 4.53. The summed E-state index contributed by atoms with van der Waals surface area (Å²) in [4.78, 5) is 47.5. The summed E-state index contributed by atoms with van der Waals surface area (Å²) >= 11 is 0. The zero-order valence-electron chi connectivity index (χ0n) is 16.0. The number of rotatable bonds is 4. The molecule has 0 amide bonds. The molecule has 0 fully saturated rings. The fraction of sp³-hybridized carbons (Fsp3) is 0. The Hall–Kier alpha value is -4.72. The topological polar surface area (TPSA) is 149 Å². The van der Waals surface area contributed by atoms with E-state index in [1.54, 1.807) is 18.2 Å². The maximum Gasteiger partial charge on any atom is 0.337 e. The van der Waals surface area contributed by atoms with E-state index < -0.39 is 35.0 Å². The van der Waals surface area contributed by atoms with Crippen molar-refractivity contribution in [3.05, 3.63) is 70.8 Å². The van der Waals surface area contributed by atoms with Crippen molar-refractivity contribution in [1.29, 1.82) is 0 Å². The first kappa shape index (κ1) is 19.3. The second-order valence-electron chi connectivity index (χ2n) is 7.44. The molecule has 0 radical (unpaired) electrons. The molecule has 0 heterocycles. The van der Waals surface area contributed by atoms with Crippen molar-refractivity contribution in [2.45, 2.75) is 0 Å². The van der Waals surface area contributed by atoms with Crippen LogP contribution in [0.1, 0.15) is 41.4 Å². The van der Waals surface area contributed by atoms with Crippen LogP contribution in [-0.4, -0.2) is 44.3 Å². The monoisotopic (exact) mass is 428 g/mol. The standard InChI is InChI=1S/C24H12O8/c25-21(26)10-4-9-2-1-3-12-13-6-11(22(27)28)7-16-19(13)15(14(5-10)18(9)12)8-17(23(29)30)20(16)24(31)32/h1-8H,(H,25,26)(H,27,28)(H,29,30)(H,31,32). The van der Waals surface area contributed by atoms with Crippen molar-refractivity contribution in [2.75, 3.05) is 0 Å². The summed E-state index contributed by atoms with van der Waals surface area (Å²) in [6.45, 7) is 0. The third-order valence-corrected chi connectivity index (χ3v) is 5.73. The number of benzene rings is 5. The largest absolute Gasteiger partial charge is 0.478 e. The number of hydrogen-bond donors (Lipinski definition) is 4. The summed E-state index contributed by atoms with van der Waals surface area (Å²) < 4.78 is 0. The Morgan fingerprint density at radius 1 is 0.531 bits per heavy atom. The lowest BCUT2D eigenvalue weighted by atomic mass is 9.85. The molecule has 0 aliphatic heterocycles. The molecule has 0 aliphatic carbocycles. The third kappa shape index (κ3) is 2.50. The van der Waals surface area contributed by atoms with Gasteiger partial charge in [0.25, 0.3) is 0 Å². The van der Waals surface area contributed by atoms with Crippen LogP contribution in [0.4, 0.5) is 0 Å². The van der Waals surface area contributed by atoms with E-state index in [0.717, 1.165) is 6.07 Å². The third-order valence-electron chi connectivity index (χ3n) is 5.73. The number of aromatic carboxylic acids is 4. The van der Waals surface area contributed by atoms with Gasteiger partial charge in [-0.2, -0.15) is 0 Å². The summed E-state index contributed by atoms with van der Waals surface area (Å²) in [7, 11) is 0. The fourth-order valence-corrected chi connectivity index (χ4v) is 4.50. The summed E-state index contributed by atoms with van der Waals surface area (Å²) in [5.41, 5.74) is -1.24. The van der Waals surface area contributed by atoms with Crippen LogP contribution < -0.4 is 0 Å². The van der Waals surface area contributed by atoms with E-state index in [1.165, 1.54) is 24.3 Å². The lowest BCUT2D eigenvalue weighted by Crippen LogP contribution is -2.10. The van der Waals surface area contributed by atoms with Crippen LogP contribution in [0.15, 0.2) is 48.5 Å². The zero-order chi connectivity index (χ0) is 22.9. The molecule has 0 aromatic heterocycles. The number of carbonyl (C=O) groups is 4. The Morgan fingerprint density at radius 2 is 1.09 bits per heavy atom. The fourth-order valence-electron chi connectivity index (χ4n) is 4.50. The van der Waals surface area contributed by atoms with Crippen molar-refractivity contribution in [2.24, 2.45) is 0 Å². The summed E-state index contributed by atoms with van der Waals surface area (Å²) in [6, 6.07) is 11.8. The zero-order valence-corrected chi connectivity index (χ0v) is 16.0. The molecule has 32 heavy (non-hydrogen) atoms. The molecule has 0 atom stereocenters. The van der Waals surface area contributed by atoms with Crippen LogP contribution in [0.2, 0.25) is 0 Å². The molecule has 4 N–H and O–H groups in total. The van der Waals surface area contributed by atoms with Gasteiger partial charge >= 0.3 is 23.9 Å². The van der Waals surface area contributed by atoms with Crippen molar-refractivity contribution >= 4 is 67.0 Å². The number of fused-ring (bicyclic) bond motifs is 2. The van der Waals surface area contributed by atoms with E-state index in [4.69, 9.17) is 0 Å². The SMILES string of the molecule is O=C(O)c1cc2cccc3c4cc(C(=O)O)cc5c(C(=O)O)c(C(=O)O)cc(c(c1)c23)c54. The number of carboxylic acid groups (broad SMARTS) is 4. The van der Waals surface area contributed by atoms with Gasteiger partial charge in [0.2, 0.25) is 0 Å². The minimum Gasteiger partial charge on any atom is -0.478 e. The quantitative estimate of drug-likeness (QED) is 0.241. The van der Waals surface area contributed by atoms with Gasteiger partial charge in [-0.05, 0) is 73.4 Å². The minimum atomic E-state index is -1.51. The van der Waals surface area contributed by atoms with Crippen LogP contribution in [0.25, 0.3) is 43.1 Å². The molecule has 0 unspecified atom stereocenters. The van der Waals surface area contributed by atoms with Gasteiger partial charge in [-0.25, -0.2) is 19.2 Å². The molecule has 5 rings (SSSR count). The molecule has 0 saturated heterocycles. The highest BCUT2D eigenvalue weighted by atomic mass is 16.4. The van der Waals surface area contributed by atoms with Gasteiger partial charge in [-0.3, -0.25) is 0 Å². The second kappa shape index (κ2) is 6.39. The molecular formula is C24H12O8. The molecule has 5 aromatic carbocycles. The highest BCUT2D eigenvalue weighted by molar-refractivity contribution is 6.36. The lowest BCUT2D eigenvalue weighted by Gasteiger charge is -2.18. The van der Waals surface area contributed by atoms with Crippen molar-refractivity contribution < 1.29 is 39.6 Å². The maximum absolute atomic E-state index is 12.0. The van der Waals surface area contributed by atoms with Crippen LogP contribution in [0.3, 0.4) is 0 Å². The van der Waals surface area contributed by atoms with Crippen LogP contribution in [0.5, 0.6) is 0 Å². The molecular weight excluding hydrogens is 416 g/mol. The normalized spacial score (nSPS) is 11.5. The van der Waals surface area contributed by atoms with E-state index in [0.29, 0.717) is 37.7 Å². The van der Waals surface area contributed by atoms with Gasteiger partial charge in [-0.1, -0.05) is 18.2 Å².